The van der Waals surface area contributed by atoms with Gasteiger partial charge in [0.2, 0.25) is 0 Å². The molecule has 1 heterocycles. The highest BCUT2D eigenvalue weighted by Gasteiger charge is 2.09. The SMILES string of the molecule is CCOc1ccc(CNC(=O)c2cnn(-c3ccc(Br)cc3)c2)cc1. The van der Waals surface area contributed by atoms with E-state index in [1.165, 1.54) is 0 Å². The van der Waals surface area contributed by atoms with Crippen LogP contribution in [0.4, 0.5) is 0 Å². The van der Waals surface area contributed by atoms with E-state index >= 15 is 0 Å². The van der Waals surface area contributed by atoms with Crippen LogP contribution >= 0.6 is 15.9 Å². The standard InChI is InChI=1S/C19H18BrN3O2/c1-2-25-18-9-3-14(4-10-18)11-21-19(24)15-12-22-23(13-15)17-7-5-16(20)6-8-17/h3-10,12-13H,2,11H2,1H3,(H,21,24). The minimum absolute atomic E-state index is 0.155. The minimum atomic E-state index is -0.155. The summed E-state index contributed by atoms with van der Waals surface area (Å²) in [5.41, 5.74) is 2.43. The Morgan fingerprint density at radius 1 is 1.16 bits per heavy atom. The number of nitrogens with zero attached hydrogens (tertiary/aromatic N) is 2. The fourth-order valence-corrected chi connectivity index (χ4v) is 2.59. The van der Waals surface area contributed by atoms with E-state index in [2.05, 4.69) is 26.3 Å². The van der Waals surface area contributed by atoms with Gasteiger partial charge in [-0.1, -0.05) is 28.1 Å². The molecule has 0 fully saturated rings. The number of carbonyl (C=O) groups excluding carboxylic acids is 1. The van der Waals surface area contributed by atoms with Crippen LogP contribution in [0.1, 0.15) is 22.8 Å². The van der Waals surface area contributed by atoms with E-state index in [0.717, 1.165) is 21.5 Å². The largest absolute Gasteiger partial charge is 0.494 e. The fourth-order valence-electron chi connectivity index (χ4n) is 2.33. The highest BCUT2D eigenvalue weighted by atomic mass is 79.9. The molecule has 0 saturated heterocycles. The summed E-state index contributed by atoms with van der Waals surface area (Å²) in [6, 6.07) is 15.4. The first-order valence-corrected chi connectivity index (χ1v) is 8.75. The third-order valence-electron chi connectivity index (χ3n) is 3.62. The second kappa shape index (κ2) is 7.98. The van der Waals surface area contributed by atoms with E-state index in [0.29, 0.717) is 18.7 Å². The number of aromatic nitrogens is 2. The number of halogens is 1. The first-order chi connectivity index (χ1) is 12.2. The normalized spacial score (nSPS) is 10.5. The number of amides is 1. The van der Waals surface area contributed by atoms with Gasteiger partial charge in [0.15, 0.2) is 0 Å². The van der Waals surface area contributed by atoms with Crippen LogP contribution in [0.2, 0.25) is 0 Å². The summed E-state index contributed by atoms with van der Waals surface area (Å²) < 4.78 is 8.08. The number of nitrogens with one attached hydrogen (secondary N) is 1. The van der Waals surface area contributed by atoms with Crippen molar-refractivity contribution < 1.29 is 9.53 Å². The zero-order chi connectivity index (χ0) is 17.6. The van der Waals surface area contributed by atoms with E-state index in [1.54, 1.807) is 17.1 Å². The monoisotopic (exact) mass is 399 g/mol. The predicted molar refractivity (Wildman–Crippen MR) is 100 cm³/mol. The van der Waals surface area contributed by atoms with Gasteiger partial charge in [-0.25, -0.2) is 4.68 Å². The number of rotatable bonds is 6. The molecule has 0 radical (unpaired) electrons. The Morgan fingerprint density at radius 3 is 2.56 bits per heavy atom. The molecule has 0 saturated carbocycles. The Morgan fingerprint density at radius 2 is 1.88 bits per heavy atom. The molecule has 0 unspecified atom stereocenters. The number of benzene rings is 2. The average Bonchev–Trinajstić information content (AvgIpc) is 3.12. The number of hydrogen-bond acceptors (Lipinski definition) is 3. The summed E-state index contributed by atoms with van der Waals surface area (Å²) in [6.07, 6.45) is 3.28. The van der Waals surface area contributed by atoms with Crippen molar-refractivity contribution in [3.8, 4) is 11.4 Å². The molecule has 1 N–H and O–H groups in total. The second-order valence-corrected chi connectivity index (χ2v) is 6.33. The molecule has 0 bridgehead atoms. The van der Waals surface area contributed by atoms with Crippen LogP contribution in [0.5, 0.6) is 5.75 Å². The Labute approximate surface area is 154 Å². The molecule has 1 amide bonds. The molecule has 0 aliphatic carbocycles. The zero-order valence-corrected chi connectivity index (χ0v) is 15.4. The van der Waals surface area contributed by atoms with Gasteiger partial charge in [-0.2, -0.15) is 5.10 Å². The van der Waals surface area contributed by atoms with Crippen molar-refractivity contribution in [2.45, 2.75) is 13.5 Å². The molecule has 2 aromatic carbocycles. The van der Waals surface area contributed by atoms with Crippen molar-refractivity contribution in [3.05, 3.63) is 76.5 Å². The smallest absolute Gasteiger partial charge is 0.254 e. The molecule has 1 aromatic heterocycles. The summed E-state index contributed by atoms with van der Waals surface area (Å²) >= 11 is 3.40. The Kier molecular flexibility index (Phi) is 5.50. The van der Waals surface area contributed by atoms with Gasteiger partial charge >= 0.3 is 0 Å². The summed E-state index contributed by atoms with van der Waals surface area (Å²) in [6.45, 7) is 3.04. The third-order valence-corrected chi connectivity index (χ3v) is 4.15. The van der Waals surface area contributed by atoms with Crippen molar-refractivity contribution >= 4 is 21.8 Å². The Hall–Kier alpha value is -2.60. The lowest BCUT2D eigenvalue weighted by atomic mass is 10.2. The predicted octanol–water partition coefficient (Wildman–Crippen LogP) is 3.96. The molecular formula is C19H18BrN3O2. The van der Waals surface area contributed by atoms with Crippen LogP contribution < -0.4 is 10.1 Å². The molecule has 6 heteroatoms. The quantitative estimate of drug-likeness (QED) is 0.682. The first kappa shape index (κ1) is 17.2. The van der Waals surface area contributed by atoms with Crippen molar-refractivity contribution in [2.24, 2.45) is 0 Å². The van der Waals surface area contributed by atoms with Crippen LogP contribution in [0.15, 0.2) is 65.4 Å². The van der Waals surface area contributed by atoms with Gasteiger partial charge in [0, 0.05) is 17.2 Å². The third kappa shape index (κ3) is 4.48. The summed E-state index contributed by atoms with van der Waals surface area (Å²) in [5.74, 6) is 0.672. The van der Waals surface area contributed by atoms with E-state index in [4.69, 9.17) is 4.74 Å². The molecular weight excluding hydrogens is 382 g/mol. The number of hydrogen-bond donors (Lipinski definition) is 1. The topological polar surface area (TPSA) is 56.1 Å². The Bertz CT molecular complexity index is 842. The van der Waals surface area contributed by atoms with Gasteiger partial charge in [0.05, 0.1) is 24.1 Å². The van der Waals surface area contributed by atoms with Crippen molar-refractivity contribution in [1.29, 1.82) is 0 Å². The van der Waals surface area contributed by atoms with Crippen LogP contribution in [0, 0.1) is 0 Å². The van der Waals surface area contributed by atoms with Gasteiger partial charge in [-0.05, 0) is 48.9 Å². The second-order valence-electron chi connectivity index (χ2n) is 5.41. The minimum Gasteiger partial charge on any atom is -0.494 e. The highest BCUT2D eigenvalue weighted by molar-refractivity contribution is 9.10. The van der Waals surface area contributed by atoms with Gasteiger partial charge in [0.1, 0.15) is 5.75 Å². The van der Waals surface area contributed by atoms with Crippen LogP contribution in [0.25, 0.3) is 5.69 Å². The van der Waals surface area contributed by atoms with E-state index in [1.807, 2.05) is 55.5 Å². The van der Waals surface area contributed by atoms with Gasteiger partial charge in [-0.15, -0.1) is 0 Å². The fraction of sp³-hybridized carbons (Fsp3) is 0.158. The zero-order valence-electron chi connectivity index (χ0n) is 13.8. The lowest BCUT2D eigenvalue weighted by Crippen LogP contribution is -2.22. The highest BCUT2D eigenvalue weighted by Crippen LogP contribution is 2.14. The molecule has 5 nitrogen and oxygen atoms in total. The van der Waals surface area contributed by atoms with Crippen LogP contribution in [-0.2, 0) is 6.54 Å². The van der Waals surface area contributed by atoms with E-state index in [9.17, 15) is 4.79 Å². The maximum Gasteiger partial charge on any atom is 0.254 e. The van der Waals surface area contributed by atoms with Crippen molar-refractivity contribution in [1.82, 2.24) is 15.1 Å². The maximum atomic E-state index is 12.3. The van der Waals surface area contributed by atoms with Crippen molar-refractivity contribution in [3.63, 3.8) is 0 Å². The maximum absolute atomic E-state index is 12.3. The van der Waals surface area contributed by atoms with Crippen LogP contribution in [-0.4, -0.2) is 22.3 Å². The molecule has 3 rings (SSSR count). The van der Waals surface area contributed by atoms with E-state index in [-0.39, 0.29) is 5.91 Å². The van der Waals surface area contributed by atoms with Crippen LogP contribution in [0.3, 0.4) is 0 Å². The van der Waals surface area contributed by atoms with Gasteiger partial charge < -0.3 is 10.1 Å². The average molecular weight is 400 g/mol. The first-order valence-electron chi connectivity index (χ1n) is 7.96. The summed E-state index contributed by atoms with van der Waals surface area (Å²) in [7, 11) is 0. The molecule has 25 heavy (non-hydrogen) atoms. The number of ether oxygens (including phenoxy) is 1. The summed E-state index contributed by atoms with van der Waals surface area (Å²) in [5, 5.41) is 7.15. The summed E-state index contributed by atoms with van der Waals surface area (Å²) in [4.78, 5) is 12.3. The Balaban J connectivity index is 1.61. The molecule has 3 aromatic rings. The lowest BCUT2D eigenvalue weighted by Gasteiger charge is -2.06. The molecule has 0 aliphatic heterocycles. The van der Waals surface area contributed by atoms with Crippen molar-refractivity contribution in [2.75, 3.05) is 6.61 Å². The number of carbonyl (C=O) groups is 1. The molecule has 0 spiro atoms. The molecule has 0 atom stereocenters. The molecule has 128 valence electrons. The molecule has 0 aliphatic rings. The van der Waals surface area contributed by atoms with Gasteiger partial charge in [-0.3, -0.25) is 4.79 Å². The van der Waals surface area contributed by atoms with Gasteiger partial charge in [0.25, 0.3) is 5.91 Å². The lowest BCUT2D eigenvalue weighted by molar-refractivity contribution is 0.0951. The van der Waals surface area contributed by atoms with E-state index < -0.39 is 0 Å².